The van der Waals surface area contributed by atoms with Crippen molar-refractivity contribution in [2.24, 2.45) is 16.6 Å². The number of urea groups is 1. The van der Waals surface area contributed by atoms with Gasteiger partial charge in [0.05, 0.1) is 22.2 Å². The molecule has 0 saturated heterocycles. The lowest BCUT2D eigenvalue weighted by Crippen LogP contribution is -2.72. The number of primary amides is 1. The minimum absolute atomic E-state index is 0.0227. The van der Waals surface area contributed by atoms with E-state index in [1.54, 1.807) is 25.9 Å². The summed E-state index contributed by atoms with van der Waals surface area (Å²) >= 11 is 5.86. The van der Waals surface area contributed by atoms with Crippen LogP contribution in [0.25, 0.3) is 5.76 Å². The van der Waals surface area contributed by atoms with Gasteiger partial charge < -0.3 is 41.7 Å². The Kier molecular flexibility index (Phi) is 8.21. The van der Waals surface area contributed by atoms with Gasteiger partial charge in [-0.2, -0.15) is 0 Å². The van der Waals surface area contributed by atoms with Crippen LogP contribution in [0.5, 0.6) is 5.75 Å². The number of Topliss-reactive ketones (excluding diaryl/α,β-unsaturated/α-hetero) is 2. The van der Waals surface area contributed by atoms with Gasteiger partial charge in [0.2, 0.25) is 5.78 Å². The highest BCUT2D eigenvalue weighted by Crippen LogP contribution is 2.64. The minimum Gasteiger partial charge on any atom is -0.508 e. The molecular weight excluding hydrogens is 664 g/mol. The second kappa shape index (κ2) is 11.5. The number of hydrogen-bond donors (Lipinski definition) is 7. The van der Waals surface area contributed by atoms with Crippen LogP contribution in [-0.4, -0.2) is 93.6 Å². The molecule has 0 radical (unpaired) electrons. The van der Waals surface area contributed by atoms with Crippen LogP contribution in [0.1, 0.15) is 31.4 Å². The Morgan fingerprint density at radius 2 is 1.67 bits per heavy atom. The van der Waals surface area contributed by atoms with Crippen LogP contribution < -0.4 is 21.3 Å². The van der Waals surface area contributed by atoms with E-state index in [0.29, 0.717) is 11.3 Å². The Balaban J connectivity index is 1.69. The lowest BCUT2D eigenvalue weighted by molar-refractivity contribution is -0.383. The number of nitrogens with two attached hydrogens (primary N) is 1. The predicted molar refractivity (Wildman–Crippen MR) is 179 cm³/mol. The van der Waals surface area contributed by atoms with Crippen LogP contribution in [-0.2, 0) is 20.8 Å². The van der Waals surface area contributed by atoms with Gasteiger partial charge in [0.1, 0.15) is 22.8 Å². The normalized spacial score (nSPS) is 26.2. The Hall–Kier alpha value is -5.19. The number of benzene rings is 2. The third-order valence-electron chi connectivity index (χ3n) is 9.74. The lowest BCUT2D eigenvalue weighted by atomic mass is 9.46. The molecule has 17 heteroatoms. The summed E-state index contributed by atoms with van der Waals surface area (Å²) < 4.78 is 0. The van der Waals surface area contributed by atoms with Gasteiger partial charge in [-0.1, -0.05) is 25.4 Å². The molecule has 2 aromatic rings. The molecule has 0 aromatic heterocycles. The summed E-state index contributed by atoms with van der Waals surface area (Å²) in [6.45, 7) is 3.08. The molecule has 8 N–H and O–H groups in total. The summed E-state index contributed by atoms with van der Waals surface area (Å²) in [5.74, 6) is -6.12. The molecule has 0 heterocycles. The summed E-state index contributed by atoms with van der Waals surface area (Å²) in [5.41, 5.74) is -2.30. The average Bonchev–Trinajstić information content (AvgIpc) is 2.96. The molecule has 0 bridgehead atoms. The number of anilines is 3. The number of aliphatic hydroxyl groups is 3. The first-order valence-corrected chi connectivity index (χ1v) is 15.2. The van der Waals surface area contributed by atoms with E-state index in [4.69, 9.17) is 17.3 Å². The molecule has 2 aromatic carbocycles. The molecule has 3 aliphatic carbocycles. The van der Waals surface area contributed by atoms with Crippen LogP contribution >= 0.6 is 11.6 Å². The molecule has 5 rings (SSSR count). The van der Waals surface area contributed by atoms with Gasteiger partial charge in [-0.3, -0.25) is 29.4 Å². The summed E-state index contributed by atoms with van der Waals surface area (Å²) in [5, 5.41) is 63.1. The summed E-state index contributed by atoms with van der Waals surface area (Å²) in [6, 6.07) is 2.69. The van der Waals surface area contributed by atoms with Gasteiger partial charge >= 0.3 is 6.03 Å². The third kappa shape index (κ3) is 4.97. The molecule has 0 aliphatic heterocycles. The van der Waals surface area contributed by atoms with Gasteiger partial charge in [0.25, 0.3) is 11.6 Å². The van der Waals surface area contributed by atoms with Crippen LogP contribution in [0, 0.1) is 20.9 Å². The maximum absolute atomic E-state index is 14.5. The molecule has 260 valence electrons. The molecule has 3 amide bonds. The Morgan fingerprint density at radius 1 is 1.06 bits per heavy atom. The van der Waals surface area contributed by atoms with E-state index in [1.807, 2.05) is 0 Å². The number of phenolic OH excluding ortho intramolecular Hbond substituents is 1. The van der Waals surface area contributed by atoms with Crippen molar-refractivity contribution in [2.45, 2.75) is 38.3 Å². The fourth-order valence-electron chi connectivity index (χ4n) is 7.90. The zero-order valence-electron chi connectivity index (χ0n) is 27.3. The fraction of sp³-hybridized carbons (Fsp3) is 0.375. The number of nitro benzene ring substituents is 1. The molecular formula is C32H35ClN6O10. The Bertz CT molecular complexity index is 1960. The number of ketones is 2. The number of fused-ring (bicyclic) bond motifs is 3. The Labute approximate surface area is 284 Å². The Morgan fingerprint density at radius 3 is 2.22 bits per heavy atom. The maximum Gasteiger partial charge on any atom is 0.323 e. The number of hydrogen-bond acceptors (Lipinski definition) is 12. The van der Waals surface area contributed by atoms with E-state index in [-0.39, 0.29) is 40.4 Å². The summed E-state index contributed by atoms with van der Waals surface area (Å²) in [4.78, 5) is 67.4. The standard InChI is InChI=1S/C32H35ClN6O10/c1-30-11-14-17(37(3)4)10-16(36-29(46)35-15-8-7-13(33)9-18(15)39(48)49)22(40)19(14)23(41)21(30)27(44)32(47)26(43)20(28(34)45)24(42)25(38(5)6)31(32,2)12-30/h7-10,25,40-41,43,47H,11-12H2,1-6H3,(H2,34,45)(H2,35,36,46)/t25-,30+,31+,32-/m1/s1. The van der Waals surface area contributed by atoms with Crippen molar-refractivity contribution >= 4 is 63.6 Å². The molecule has 4 atom stereocenters. The summed E-state index contributed by atoms with van der Waals surface area (Å²) in [7, 11) is 6.35. The van der Waals surface area contributed by atoms with Gasteiger partial charge in [0.15, 0.2) is 17.1 Å². The van der Waals surface area contributed by atoms with Crippen molar-refractivity contribution < 1.29 is 44.5 Å². The second-order valence-electron chi connectivity index (χ2n) is 13.5. The monoisotopic (exact) mass is 698 g/mol. The van der Waals surface area contributed by atoms with E-state index in [1.165, 1.54) is 44.1 Å². The van der Waals surface area contributed by atoms with Crippen molar-refractivity contribution in [1.82, 2.24) is 4.90 Å². The zero-order valence-corrected chi connectivity index (χ0v) is 28.1. The largest absolute Gasteiger partial charge is 0.508 e. The number of nitrogens with one attached hydrogen (secondary N) is 2. The molecule has 1 fully saturated rings. The van der Waals surface area contributed by atoms with E-state index >= 15 is 0 Å². The number of aliphatic hydroxyl groups excluding tert-OH is 2. The molecule has 0 spiro atoms. The number of carbonyl (C=O) groups excluding carboxylic acids is 4. The van der Waals surface area contributed by atoms with Crippen molar-refractivity contribution in [1.29, 1.82) is 0 Å². The van der Waals surface area contributed by atoms with E-state index in [0.717, 1.165) is 6.07 Å². The smallest absolute Gasteiger partial charge is 0.323 e. The van der Waals surface area contributed by atoms with Crippen molar-refractivity contribution in [3.05, 3.63) is 67.4 Å². The highest BCUT2D eigenvalue weighted by Gasteiger charge is 2.72. The lowest BCUT2D eigenvalue weighted by Gasteiger charge is -2.59. The van der Waals surface area contributed by atoms with Crippen LogP contribution in [0.3, 0.4) is 0 Å². The number of halogens is 1. The number of phenols is 1. The van der Waals surface area contributed by atoms with E-state index in [9.17, 15) is 49.7 Å². The second-order valence-corrected chi connectivity index (χ2v) is 13.9. The first kappa shape index (κ1) is 35.1. The van der Waals surface area contributed by atoms with Crippen LogP contribution in [0.4, 0.5) is 27.5 Å². The molecule has 3 aliphatic rings. The van der Waals surface area contributed by atoms with Gasteiger partial charge in [-0.15, -0.1) is 0 Å². The number of nitro groups is 1. The predicted octanol–water partition coefficient (Wildman–Crippen LogP) is 3.02. The number of rotatable bonds is 6. The number of nitrogens with zero attached hydrogens (tertiary/aromatic N) is 3. The van der Waals surface area contributed by atoms with Crippen LogP contribution in [0.2, 0.25) is 5.02 Å². The molecule has 16 nitrogen and oxygen atoms in total. The molecule has 1 saturated carbocycles. The van der Waals surface area contributed by atoms with Crippen LogP contribution in [0.15, 0.2) is 41.2 Å². The fourth-order valence-corrected chi connectivity index (χ4v) is 8.07. The SMILES string of the molecule is CN(C)c1cc(NC(=O)Nc2ccc(Cl)cc2[N+](=O)[O-])c(O)c2c1C[C@@]1(C)C[C@@]3(C)[C@H](N(C)C)C(=O)C(C(N)=O)=C(O)[C@@]3(O)C(=O)C1=C2O. The van der Waals surface area contributed by atoms with E-state index < -0.39 is 79.4 Å². The van der Waals surface area contributed by atoms with E-state index in [2.05, 4.69) is 10.6 Å². The maximum atomic E-state index is 14.5. The third-order valence-corrected chi connectivity index (χ3v) is 9.98. The van der Waals surface area contributed by atoms with Crippen molar-refractivity contribution in [2.75, 3.05) is 43.7 Å². The number of carbonyl (C=O) groups is 4. The van der Waals surface area contributed by atoms with Gasteiger partial charge in [-0.25, -0.2) is 4.79 Å². The average molecular weight is 699 g/mol. The number of amides is 3. The highest BCUT2D eigenvalue weighted by molar-refractivity contribution is 6.31. The van der Waals surface area contributed by atoms with Gasteiger partial charge in [-0.05, 0) is 50.7 Å². The van der Waals surface area contributed by atoms with Crippen molar-refractivity contribution in [3.8, 4) is 5.75 Å². The quantitative estimate of drug-likeness (QED) is 0.0995. The minimum atomic E-state index is -2.90. The number of likely N-dealkylation sites (N-methyl/N-ethyl adjacent to an activating group) is 1. The highest BCUT2D eigenvalue weighted by atomic mass is 35.5. The first-order chi connectivity index (χ1) is 22.6. The van der Waals surface area contributed by atoms with Crippen molar-refractivity contribution in [3.63, 3.8) is 0 Å². The number of aromatic hydroxyl groups is 1. The zero-order chi connectivity index (χ0) is 36.7. The molecule has 49 heavy (non-hydrogen) atoms. The summed E-state index contributed by atoms with van der Waals surface area (Å²) in [6.07, 6.45) is -0.188. The van der Waals surface area contributed by atoms with Gasteiger partial charge in [0, 0.05) is 47.3 Å². The molecule has 0 unspecified atom stereocenters. The first-order valence-electron chi connectivity index (χ1n) is 14.9. The topological polar surface area (TPSA) is 249 Å².